The van der Waals surface area contributed by atoms with Crippen molar-refractivity contribution in [2.45, 2.75) is 204 Å². The second kappa shape index (κ2) is 90.3. The lowest BCUT2D eigenvalue weighted by Crippen LogP contribution is -2.39. The zero-order chi connectivity index (χ0) is 99.7. The highest BCUT2D eigenvalue weighted by Gasteiger charge is 2.24. The van der Waals surface area contributed by atoms with Crippen LogP contribution in [0, 0.1) is 17.8 Å². The minimum Gasteiger partial charge on any atom is -0.480 e. The molecule has 1 aromatic heterocycles. The van der Waals surface area contributed by atoms with Crippen molar-refractivity contribution in [3.8, 4) is 0 Å². The van der Waals surface area contributed by atoms with Gasteiger partial charge in [0.15, 0.2) is 0 Å². The molecule has 4 rings (SSSR count). The number of thioether (sulfide) groups is 1. The van der Waals surface area contributed by atoms with Crippen LogP contribution >= 0.6 is 37.0 Å². The SMILES string of the molecule is CC(C)C[C@H](N)C(=O)O.CC(C)[C@H](N)C(=O)O.CC[C@H](C)[C@H](N)C(=O)O.CSCC[C@H](N)C(=O)O.C[C@@H](O)[C@H](N)C(=O)O.NC(=O)C[C@H](N)C(=O)O.NCC(=O)O.NCC(=O)O.NCC(=O)O.N[C@@H](CO)C(=O)O.N[C@@H](CS)C(=O)O.N[C@@H](CS)C(=O)O.N[C@@H](Cc1c[nH]cn1)C(=O)O.O=C(O)[C@@H]1CCCN1.O=C(O)[C@@H]1CCCN1.O=C(O)[C@@H]1CCCN1. The second-order valence-electron chi connectivity index (χ2n) is 25.2. The first-order valence-corrected chi connectivity index (χ1v) is 38.8. The van der Waals surface area contributed by atoms with E-state index in [9.17, 15) is 81.5 Å². The van der Waals surface area contributed by atoms with Crippen molar-refractivity contribution in [1.29, 1.82) is 0 Å². The highest BCUT2D eigenvalue weighted by atomic mass is 32.2. The summed E-state index contributed by atoms with van der Waals surface area (Å²) >= 11 is 8.90. The zero-order valence-corrected chi connectivity index (χ0v) is 72.2. The lowest BCUT2D eigenvalue weighted by molar-refractivity contribution is -0.141. The number of carbonyl (C=O) groups is 17. The van der Waals surface area contributed by atoms with Crippen molar-refractivity contribution < 1.29 is 173 Å². The predicted molar refractivity (Wildman–Crippen MR) is 451 cm³/mol. The van der Waals surface area contributed by atoms with Crippen LogP contribution in [0.15, 0.2) is 12.5 Å². The molecule has 0 radical (unpaired) electrons. The molecule has 724 valence electrons. The number of aromatic amines is 1. The fourth-order valence-corrected chi connectivity index (χ4v) is 6.71. The molecule has 3 aliphatic heterocycles. The van der Waals surface area contributed by atoms with Gasteiger partial charge in [0.2, 0.25) is 5.91 Å². The van der Waals surface area contributed by atoms with Gasteiger partial charge in [0.25, 0.3) is 0 Å². The molecule has 1 amide bonds. The number of aromatic nitrogens is 2. The maximum atomic E-state index is 10.3. The topological polar surface area (TPSA) is 1080 Å². The fraction of sp³-hybridized carbons (Fsp3) is 0.697. The Morgan fingerprint density at radius 1 is 0.455 bits per heavy atom. The zero-order valence-electron chi connectivity index (χ0n) is 69.6. The smallest absolute Gasteiger partial charge is 0.323 e. The largest absolute Gasteiger partial charge is 0.480 e. The van der Waals surface area contributed by atoms with Gasteiger partial charge >= 0.3 is 95.5 Å². The molecule has 3 fully saturated rings. The first-order chi connectivity index (χ1) is 56.4. The Morgan fingerprint density at radius 3 is 0.862 bits per heavy atom. The number of aliphatic hydroxyl groups is 2. The number of nitrogens with one attached hydrogen (secondary N) is 4. The van der Waals surface area contributed by atoms with Crippen LogP contribution in [0.5, 0.6) is 0 Å². The van der Waals surface area contributed by atoms with Gasteiger partial charge in [-0.15, -0.1) is 0 Å². The number of imidazole rings is 1. The molecule has 0 aliphatic carbocycles. The Hall–Kier alpha value is -9.47. The van der Waals surface area contributed by atoms with Crippen LogP contribution in [0.4, 0.5) is 0 Å². The number of H-pyrrole nitrogens is 1. The summed E-state index contributed by atoms with van der Waals surface area (Å²) in [7, 11) is 0. The third kappa shape index (κ3) is 109. The average Bonchev–Trinajstić information content (AvgIpc) is 1.84. The van der Waals surface area contributed by atoms with Crippen molar-refractivity contribution in [2.75, 3.05) is 69.4 Å². The number of nitrogens with zero attached hydrogens (tertiary/aromatic N) is 1. The van der Waals surface area contributed by atoms with Gasteiger partial charge in [0, 0.05) is 24.1 Å². The molecule has 54 nitrogen and oxygen atoms in total. The molecule has 15 atom stereocenters. The standard InChI is InChI=1S/C6H9N3O2.2C6H13NO2.C5H11NO2S.3C5H9NO2.C5H11NO2.C4H8N2O3.C4H9NO3.C3H7NO3.2C3H7NO2S.3C2H5NO2/c7-5(6(10)11)1-4-2-8-3-9-4;1-4(2)3-5(7)6(8)9;1-3-4(2)5(7)6(8)9;1-9-3-2-4(6)5(7)8;3*7-5(8)4-2-1-3-6-4;1-3(2)4(6)5(7)8;5-2(4(8)9)1-3(6)7;1-2(6)3(5)4(7)8;4-2(1-5)3(6)7;2*4-2(1-7)3(5)6;3*3-1-2(4)5/h2-3,5H,1,7H2,(H,8,9)(H,10,11);2*4-5H,3,7H2,1-2H3,(H,8,9);4H,2-3,6H2,1H3,(H,7,8);3*4,6H,1-3H2,(H,7,8);3-4H,6H2,1-2H3,(H,7,8);2H,1,5H2,(H2,6,7)(H,8,9);2-3,6H,5H2,1H3,(H,7,8);2,5H,1,4H2,(H,6,7);2*2,7H,1,4H2,(H,5,6);3*1,3H2,(H,4,5)/t2*5-;4-,5-;5*4-;2-;2-,3+;3*2-;;;/m0000000001000.../s1. The molecule has 50 N–H and O–H groups in total. The van der Waals surface area contributed by atoms with Gasteiger partial charge in [0.1, 0.15) is 78.5 Å². The number of thiol groups is 2. The molecule has 123 heavy (non-hydrogen) atoms. The fourth-order valence-electron chi connectivity index (χ4n) is 5.91. The number of hydrogen-bond donors (Lipinski definition) is 38. The molecule has 3 aliphatic rings. The van der Waals surface area contributed by atoms with E-state index in [4.69, 9.17) is 149 Å². The number of rotatable bonds is 32. The number of nitrogens with two attached hydrogens (primary N) is 14. The van der Waals surface area contributed by atoms with E-state index in [1.54, 1.807) is 31.8 Å². The number of aliphatic carboxylic acids is 16. The molecule has 0 spiro atoms. The van der Waals surface area contributed by atoms with Gasteiger partial charge in [-0.1, -0.05) is 48.0 Å². The van der Waals surface area contributed by atoms with Gasteiger partial charge < -0.3 is 193 Å². The van der Waals surface area contributed by atoms with Gasteiger partial charge in [-0.3, -0.25) is 81.5 Å². The van der Waals surface area contributed by atoms with E-state index in [0.717, 1.165) is 70.3 Å². The number of amides is 1. The Morgan fingerprint density at radius 2 is 0.756 bits per heavy atom. The van der Waals surface area contributed by atoms with Crippen molar-refractivity contribution >= 4 is 138 Å². The summed E-state index contributed by atoms with van der Waals surface area (Å²) in [6.07, 6.45) is 11.3. The van der Waals surface area contributed by atoms with Crippen LogP contribution in [0.25, 0.3) is 0 Å². The lowest BCUT2D eigenvalue weighted by Gasteiger charge is -2.11. The third-order valence-corrected chi connectivity index (χ3v) is 15.0. The molecule has 0 bridgehead atoms. The average molecular weight is 1850 g/mol. The third-order valence-electron chi connectivity index (χ3n) is 13.5. The molecule has 0 unspecified atom stereocenters. The minimum absolute atomic E-state index is 0.0208. The maximum Gasteiger partial charge on any atom is 0.323 e. The molecule has 0 aromatic carbocycles. The van der Waals surface area contributed by atoms with E-state index in [1.807, 2.05) is 34.0 Å². The molecule has 0 saturated carbocycles. The molecular formula is C66H137N19O35S3. The van der Waals surface area contributed by atoms with Crippen LogP contribution in [0.2, 0.25) is 0 Å². The summed E-state index contributed by atoms with van der Waals surface area (Å²) in [4.78, 5) is 174. The predicted octanol–water partition coefficient (Wildman–Crippen LogP) is -8.88. The van der Waals surface area contributed by atoms with Crippen molar-refractivity contribution in [2.24, 2.45) is 98.0 Å². The first-order valence-electron chi connectivity index (χ1n) is 36.2. The van der Waals surface area contributed by atoms with Gasteiger partial charge in [-0.05, 0) is 108 Å². The number of primary amides is 1. The van der Waals surface area contributed by atoms with E-state index < -0.39 is 175 Å². The van der Waals surface area contributed by atoms with E-state index in [0.29, 0.717) is 24.5 Å². The van der Waals surface area contributed by atoms with Gasteiger partial charge in [-0.25, -0.2) is 4.98 Å². The van der Waals surface area contributed by atoms with Crippen LogP contribution in [-0.2, 0) is 87.9 Å². The van der Waals surface area contributed by atoms with Crippen molar-refractivity contribution in [1.82, 2.24) is 25.9 Å². The monoisotopic (exact) mass is 1850 g/mol. The molecular weight excluding hydrogens is 1720 g/mol. The number of carboxylic acids is 16. The van der Waals surface area contributed by atoms with E-state index in [2.05, 4.69) is 74.1 Å². The number of carbonyl (C=O) groups excluding carboxylic acids is 1. The first kappa shape index (κ1) is 139. The number of carboxylic acid groups (broad SMARTS) is 16. The molecule has 3 saturated heterocycles. The van der Waals surface area contributed by atoms with Crippen LogP contribution in [0.3, 0.4) is 0 Å². The Labute approximate surface area is 724 Å². The minimum atomic E-state index is -1.21. The van der Waals surface area contributed by atoms with Gasteiger partial charge in [0.05, 0.1) is 50.8 Å². The maximum absolute atomic E-state index is 10.3. The van der Waals surface area contributed by atoms with Crippen molar-refractivity contribution in [3.05, 3.63) is 18.2 Å². The molecule has 57 heteroatoms. The number of hydrogen-bond acceptors (Lipinski definition) is 39. The Bertz CT molecular complexity index is 2830. The van der Waals surface area contributed by atoms with E-state index in [-0.39, 0.29) is 73.9 Å². The lowest BCUT2D eigenvalue weighted by atomic mass is 10.0. The summed E-state index contributed by atoms with van der Waals surface area (Å²) in [5.74, 6) is -14.4. The van der Waals surface area contributed by atoms with Crippen LogP contribution in [-0.4, -0.2) is 357 Å². The summed E-state index contributed by atoms with van der Waals surface area (Å²) in [6, 6.07) is -9.53. The summed E-state index contributed by atoms with van der Waals surface area (Å²) < 4.78 is 0. The summed E-state index contributed by atoms with van der Waals surface area (Å²) in [6.45, 7) is 13.8. The molecule has 1 aromatic rings. The van der Waals surface area contributed by atoms with E-state index in [1.165, 1.54) is 13.3 Å². The van der Waals surface area contributed by atoms with Crippen LogP contribution < -0.4 is 96.2 Å². The van der Waals surface area contributed by atoms with Gasteiger partial charge in [-0.2, -0.15) is 37.0 Å². The quantitative estimate of drug-likeness (QED) is 0.0298. The van der Waals surface area contributed by atoms with Crippen LogP contribution in [0.1, 0.15) is 118 Å². The Kier molecular flexibility index (Phi) is 102. The summed E-state index contributed by atoms with van der Waals surface area (Å²) in [5.41, 5.74) is 69.6. The highest BCUT2D eigenvalue weighted by molar-refractivity contribution is 7.98. The highest BCUT2D eigenvalue weighted by Crippen LogP contribution is 2.07. The second-order valence-corrected chi connectivity index (χ2v) is 26.9. The Balaban J connectivity index is -0.000000107. The summed E-state index contributed by atoms with van der Waals surface area (Å²) in [5, 5.41) is 155. The number of aliphatic hydroxyl groups excluding tert-OH is 2. The molecule has 4 heterocycles. The normalized spacial score (nSPS) is 16.0. The van der Waals surface area contributed by atoms with Crippen molar-refractivity contribution in [3.63, 3.8) is 0 Å². The van der Waals surface area contributed by atoms with E-state index >= 15 is 0 Å².